The molecular weight excluding hydrogens is 248 g/mol. The number of carbonyl (C=O) groups is 1. The lowest BCUT2D eigenvalue weighted by Gasteiger charge is -2.04. The van der Waals surface area contributed by atoms with E-state index >= 15 is 0 Å². The molecule has 0 aliphatic carbocycles. The van der Waals surface area contributed by atoms with Crippen LogP contribution in [0.4, 0.5) is 0 Å². The summed E-state index contributed by atoms with van der Waals surface area (Å²) in [6.45, 7) is 6.22. The summed E-state index contributed by atoms with van der Waals surface area (Å²) in [5.74, 6) is 0.000373. The van der Waals surface area contributed by atoms with Gasteiger partial charge in [0, 0.05) is 6.42 Å². The molecule has 0 saturated heterocycles. The Hall–Kier alpha value is -1.64. The summed E-state index contributed by atoms with van der Waals surface area (Å²) in [6.07, 6.45) is 5.96. The minimum absolute atomic E-state index is 0.000373. The molecule has 3 heteroatoms. The summed E-state index contributed by atoms with van der Waals surface area (Å²) in [7, 11) is 0. The van der Waals surface area contributed by atoms with Crippen LogP contribution in [0.25, 0.3) is 0 Å². The van der Waals surface area contributed by atoms with Crippen LogP contribution in [0.5, 0.6) is 0 Å². The summed E-state index contributed by atoms with van der Waals surface area (Å²) in [5.41, 5.74) is 5.87. The molecule has 1 aromatic rings. The number of nitrogens with one attached hydrogen (secondary N) is 1. The third-order valence-corrected chi connectivity index (χ3v) is 3.27. The second kappa shape index (κ2) is 9.29. The molecule has 0 radical (unpaired) electrons. The van der Waals surface area contributed by atoms with Crippen LogP contribution in [0, 0.1) is 0 Å². The normalized spacial score (nSPS) is 11.4. The zero-order valence-electron chi connectivity index (χ0n) is 12.9. The van der Waals surface area contributed by atoms with E-state index in [0.717, 1.165) is 43.4 Å². The Balaban J connectivity index is 2.49. The van der Waals surface area contributed by atoms with Crippen molar-refractivity contribution in [3.8, 4) is 0 Å². The lowest BCUT2D eigenvalue weighted by Crippen LogP contribution is -2.18. The Bertz CT molecular complexity index is 435. The van der Waals surface area contributed by atoms with Gasteiger partial charge in [-0.25, -0.2) is 5.43 Å². The topological polar surface area (TPSA) is 41.5 Å². The van der Waals surface area contributed by atoms with E-state index in [0.29, 0.717) is 6.42 Å². The molecule has 1 aromatic carbocycles. The summed E-state index contributed by atoms with van der Waals surface area (Å²) in [4.78, 5) is 11.6. The third-order valence-electron chi connectivity index (χ3n) is 3.27. The summed E-state index contributed by atoms with van der Waals surface area (Å²) < 4.78 is 0. The third kappa shape index (κ3) is 6.00. The van der Waals surface area contributed by atoms with Crippen molar-refractivity contribution >= 4 is 11.6 Å². The first-order chi connectivity index (χ1) is 9.67. The molecule has 1 rings (SSSR count). The largest absolute Gasteiger partial charge is 0.273 e. The van der Waals surface area contributed by atoms with Crippen molar-refractivity contribution in [3.63, 3.8) is 0 Å². The Labute approximate surface area is 122 Å². The Morgan fingerprint density at radius 2 is 1.80 bits per heavy atom. The highest BCUT2D eigenvalue weighted by atomic mass is 16.2. The summed E-state index contributed by atoms with van der Waals surface area (Å²) in [6, 6.07) is 8.38. The quantitative estimate of drug-likeness (QED) is 0.433. The van der Waals surface area contributed by atoms with Crippen molar-refractivity contribution < 1.29 is 4.79 Å². The fourth-order valence-corrected chi connectivity index (χ4v) is 2.00. The number of hydrazone groups is 1. The molecule has 0 bridgehead atoms. The first kappa shape index (κ1) is 16.4. The minimum atomic E-state index is 0.000373. The van der Waals surface area contributed by atoms with E-state index < -0.39 is 0 Å². The van der Waals surface area contributed by atoms with Gasteiger partial charge in [-0.2, -0.15) is 5.10 Å². The van der Waals surface area contributed by atoms with Gasteiger partial charge >= 0.3 is 0 Å². The van der Waals surface area contributed by atoms with Gasteiger partial charge in [0.15, 0.2) is 0 Å². The van der Waals surface area contributed by atoms with Crippen LogP contribution in [-0.4, -0.2) is 11.6 Å². The molecule has 20 heavy (non-hydrogen) atoms. The zero-order valence-corrected chi connectivity index (χ0v) is 12.9. The van der Waals surface area contributed by atoms with Gasteiger partial charge < -0.3 is 0 Å². The predicted octanol–water partition coefficient (Wildman–Crippen LogP) is 4.06. The van der Waals surface area contributed by atoms with E-state index in [1.54, 1.807) is 0 Å². The number of benzene rings is 1. The first-order valence-electron chi connectivity index (χ1n) is 7.59. The predicted molar refractivity (Wildman–Crippen MR) is 84.9 cm³/mol. The SMILES string of the molecule is CCCCCC(=O)NN=C(C)c1ccc(CCC)cc1. The Morgan fingerprint density at radius 1 is 1.10 bits per heavy atom. The lowest BCUT2D eigenvalue weighted by molar-refractivity contribution is -0.121. The number of rotatable bonds is 8. The van der Waals surface area contributed by atoms with E-state index in [2.05, 4.69) is 48.6 Å². The van der Waals surface area contributed by atoms with E-state index in [4.69, 9.17) is 0 Å². The number of unbranched alkanes of at least 4 members (excludes halogenated alkanes) is 2. The van der Waals surface area contributed by atoms with E-state index in [1.165, 1.54) is 5.56 Å². The molecule has 0 unspecified atom stereocenters. The smallest absolute Gasteiger partial charge is 0.240 e. The number of carbonyl (C=O) groups excluding carboxylic acids is 1. The number of nitrogens with zero attached hydrogens (tertiary/aromatic N) is 1. The van der Waals surface area contributed by atoms with Crippen molar-refractivity contribution in [2.75, 3.05) is 0 Å². The molecule has 0 fully saturated rings. The summed E-state index contributed by atoms with van der Waals surface area (Å²) in [5, 5.41) is 4.17. The number of amides is 1. The average molecular weight is 274 g/mol. The second-order valence-electron chi connectivity index (χ2n) is 5.14. The van der Waals surface area contributed by atoms with E-state index in [1.807, 2.05) is 6.92 Å². The molecule has 0 spiro atoms. The van der Waals surface area contributed by atoms with Crippen molar-refractivity contribution in [3.05, 3.63) is 35.4 Å². The van der Waals surface area contributed by atoms with Crippen LogP contribution in [0.3, 0.4) is 0 Å². The lowest BCUT2D eigenvalue weighted by atomic mass is 10.1. The van der Waals surface area contributed by atoms with Crippen molar-refractivity contribution in [1.29, 1.82) is 0 Å². The van der Waals surface area contributed by atoms with Crippen LogP contribution in [0.1, 0.15) is 64.0 Å². The van der Waals surface area contributed by atoms with Crippen LogP contribution in [0.2, 0.25) is 0 Å². The maximum Gasteiger partial charge on any atom is 0.240 e. The number of hydrogen-bond acceptors (Lipinski definition) is 2. The molecule has 0 heterocycles. The summed E-state index contributed by atoms with van der Waals surface area (Å²) >= 11 is 0. The molecule has 0 aliphatic rings. The van der Waals surface area contributed by atoms with Gasteiger partial charge in [0.25, 0.3) is 0 Å². The Morgan fingerprint density at radius 3 is 2.40 bits per heavy atom. The number of hydrogen-bond donors (Lipinski definition) is 1. The molecule has 0 saturated carbocycles. The molecular formula is C17H26N2O. The fourth-order valence-electron chi connectivity index (χ4n) is 2.00. The van der Waals surface area contributed by atoms with E-state index in [-0.39, 0.29) is 5.91 Å². The van der Waals surface area contributed by atoms with Gasteiger partial charge in [-0.3, -0.25) is 4.79 Å². The first-order valence-corrected chi connectivity index (χ1v) is 7.59. The van der Waals surface area contributed by atoms with Gasteiger partial charge in [0.2, 0.25) is 5.91 Å². The van der Waals surface area contributed by atoms with Crippen LogP contribution in [-0.2, 0) is 11.2 Å². The van der Waals surface area contributed by atoms with Gasteiger partial charge in [-0.15, -0.1) is 0 Å². The van der Waals surface area contributed by atoms with Crippen LogP contribution < -0.4 is 5.43 Å². The van der Waals surface area contributed by atoms with Crippen LogP contribution in [0.15, 0.2) is 29.4 Å². The molecule has 1 N–H and O–H groups in total. The standard InChI is InChI=1S/C17H26N2O/c1-4-6-7-9-17(20)19-18-14(3)16-12-10-15(8-5-2)11-13-16/h10-13H,4-9H2,1-3H3,(H,19,20). The van der Waals surface area contributed by atoms with Crippen molar-refractivity contribution in [1.82, 2.24) is 5.43 Å². The van der Waals surface area contributed by atoms with Gasteiger partial charge in [0.05, 0.1) is 5.71 Å². The molecule has 110 valence electrons. The highest BCUT2D eigenvalue weighted by molar-refractivity contribution is 5.99. The maximum absolute atomic E-state index is 11.6. The maximum atomic E-state index is 11.6. The number of aryl methyl sites for hydroxylation is 1. The van der Waals surface area contributed by atoms with E-state index in [9.17, 15) is 4.79 Å². The Kier molecular flexibility index (Phi) is 7.63. The average Bonchev–Trinajstić information content (AvgIpc) is 2.46. The van der Waals surface area contributed by atoms with Crippen molar-refractivity contribution in [2.45, 2.75) is 59.3 Å². The van der Waals surface area contributed by atoms with Crippen LogP contribution >= 0.6 is 0 Å². The molecule has 3 nitrogen and oxygen atoms in total. The molecule has 0 atom stereocenters. The van der Waals surface area contributed by atoms with Gasteiger partial charge in [0.1, 0.15) is 0 Å². The minimum Gasteiger partial charge on any atom is -0.273 e. The highest BCUT2D eigenvalue weighted by Gasteiger charge is 2.01. The molecule has 1 amide bonds. The molecule has 0 aromatic heterocycles. The monoisotopic (exact) mass is 274 g/mol. The zero-order chi connectivity index (χ0) is 14.8. The highest BCUT2D eigenvalue weighted by Crippen LogP contribution is 2.07. The van der Waals surface area contributed by atoms with Gasteiger partial charge in [-0.05, 0) is 30.9 Å². The molecule has 0 aliphatic heterocycles. The van der Waals surface area contributed by atoms with Crippen molar-refractivity contribution in [2.24, 2.45) is 5.10 Å². The second-order valence-corrected chi connectivity index (χ2v) is 5.14. The fraction of sp³-hybridized carbons (Fsp3) is 0.529. The van der Waals surface area contributed by atoms with Gasteiger partial charge in [-0.1, -0.05) is 57.4 Å².